The highest BCUT2D eigenvalue weighted by Gasteiger charge is 2.15. The molecule has 3 rings (SSSR count). The van der Waals surface area contributed by atoms with Crippen molar-refractivity contribution in [3.05, 3.63) is 71.9 Å². The van der Waals surface area contributed by atoms with E-state index in [4.69, 9.17) is 0 Å². The second-order valence-electron chi connectivity index (χ2n) is 5.90. The number of benzene rings is 2. The lowest BCUT2D eigenvalue weighted by atomic mass is 10.2. The number of rotatable bonds is 6. The van der Waals surface area contributed by atoms with E-state index >= 15 is 0 Å². The Bertz CT molecular complexity index is 884. The van der Waals surface area contributed by atoms with Gasteiger partial charge in [-0.05, 0) is 17.7 Å². The van der Waals surface area contributed by atoms with Crippen LogP contribution >= 0.6 is 0 Å². The number of amides is 2. The first kappa shape index (κ1) is 16.8. The first-order chi connectivity index (χ1) is 12.1. The van der Waals surface area contributed by atoms with E-state index in [0.717, 1.165) is 16.5 Å². The summed E-state index contributed by atoms with van der Waals surface area (Å²) in [5, 5.41) is 6.57. The molecule has 2 N–H and O–H groups in total. The molecule has 1 heterocycles. The molecule has 3 aromatic rings. The van der Waals surface area contributed by atoms with Gasteiger partial charge in [0.15, 0.2) is 0 Å². The molecular formula is C20H21N3O2. The van der Waals surface area contributed by atoms with Gasteiger partial charge in [0.1, 0.15) is 5.69 Å². The van der Waals surface area contributed by atoms with Crippen molar-refractivity contribution in [1.29, 1.82) is 0 Å². The lowest BCUT2D eigenvalue weighted by Crippen LogP contribution is -2.34. The summed E-state index contributed by atoms with van der Waals surface area (Å²) < 4.78 is 2.03. The van der Waals surface area contributed by atoms with Crippen LogP contribution in [0.1, 0.15) is 23.0 Å². The van der Waals surface area contributed by atoms with E-state index in [0.29, 0.717) is 25.3 Å². The molecule has 0 unspecified atom stereocenters. The molecule has 2 amide bonds. The fourth-order valence-corrected chi connectivity index (χ4v) is 2.84. The third-order valence-corrected chi connectivity index (χ3v) is 4.01. The van der Waals surface area contributed by atoms with E-state index in [-0.39, 0.29) is 11.8 Å². The van der Waals surface area contributed by atoms with Crippen LogP contribution in [0.3, 0.4) is 0 Å². The largest absolute Gasteiger partial charge is 0.355 e. The Morgan fingerprint density at radius 1 is 0.920 bits per heavy atom. The normalized spacial score (nSPS) is 10.6. The smallest absolute Gasteiger partial charge is 0.268 e. The number of aromatic nitrogens is 1. The van der Waals surface area contributed by atoms with E-state index < -0.39 is 0 Å². The predicted octanol–water partition coefficient (Wildman–Crippen LogP) is 2.56. The van der Waals surface area contributed by atoms with Crippen molar-refractivity contribution in [2.45, 2.75) is 13.5 Å². The van der Waals surface area contributed by atoms with Crippen molar-refractivity contribution in [3.8, 4) is 0 Å². The summed E-state index contributed by atoms with van der Waals surface area (Å²) in [5.74, 6) is -0.245. The van der Waals surface area contributed by atoms with Crippen LogP contribution in [0.5, 0.6) is 0 Å². The second-order valence-corrected chi connectivity index (χ2v) is 5.90. The lowest BCUT2D eigenvalue weighted by molar-refractivity contribution is -0.118. The molecule has 5 heteroatoms. The molecule has 1 aromatic heterocycles. The van der Waals surface area contributed by atoms with E-state index in [2.05, 4.69) is 10.6 Å². The summed E-state index contributed by atoms with van der Waals surface area (Å²) in [7, 11) is 0. The zero-order chi connectivity index (χ0) is 17.6. The number of nitrogens with one attached hydrogen (secondary N) is 2. The summed E-state index contributed by atoms with van der Waals surface area (Å²) in [4.78, 5) is 23.5. The minimum atomic E-state index is -0.141. The Kier molecular flexibility index (Phi) is 5.14. The number of carbonyl (C=O) groups excluding carboxylic acids is 2. The van der Waals surface area contributed by atoms with Crippen molar-refractivity contribution in [3.63, 3.8) is 0 Å². The Hall–Kier alpha value is -3.08. The van der Waals surface area contributed by atoms with Gasteiger partial charge in [0.05, 0.1) is 0 Å². The van der Waals surface area contributed by atoms with Crippen molar-refractivity contribution < 1.29 is 9.59 Å². The average Bonchev–Trinajstić information content (AvgIpc) is 2.98. The van der Waals surface area contributed by atoms with Crippen LogP contribution in [-0.4, -0.2) is 29.5 Å². The Balaban J connectivity index is 1.85. The van der Waals surface area contributed by atoms with Crippen molar-refractivity contribution in [2.24, 2.45) is 0 Å². The summed E-state index contributed by atoms with van der Waals surface area (Å²) in [6.07, 6.45) is 0. The fourth-order valence-electron chi connectivity index (χ4n) is 2.84. The molecule has 0 aliphatic rings. The van der Waals surface area contributed by atoms with E-state index in [9.17, 15) is 9.59 Å². The fraction of sp³-hybridized carbons (Fsp3) is 0.200. The van der Waals surface area contributed by atoms with Crippen LogP contribution in [0.2, 0.25) is 0 Å². The molecule has 0 radical (unpaired) electrons. The Morgan fingerprint density at radius 3 is 2.36 bits per heavy atom. The molecule has 0 atom stereocenters. The second kappa shape index (κ2) is 7.66. The first-order valence-electron chi connectivity index (χ1n) is 8.30. The minimum absolute atomic E-state index is 0.104. The van der Waals surface area contributed by atoms with Crippen LogP contribution in [-0.2, 0) is 11.3 Å². The third kappa shape index (κ3) is 4.07. The molecular weight excluding hydrogens is 314 g/mol. The molecule has 0 saturated heterocycles. The SMILES string of the molecule is CC(=O)NCCNC(=O)c1cc2ccccc2n1Cc1ccccc1. The van der Waals surface area contributed by atoms with E-state index in [1.54, 1.807) is 0 Å². The van der Waals surface area contributed by atoms with Gasteiger partial charge in [0.2, 0.25) is 5.91 Å². The van der Waals surface area contributed by atoms with Crippen molar-refractivity contribution >= 4 is 22.7 Å². The zero-order valence-electron chi connectivity index (χ0n) is 14.2. The molecule has 0 aliphatic heterocycles. The highest BCUT2D eigenvalue weighted by molar-refractivity contribution is 5.98. The zero-order valence-corrected chi connectivity index (χ0v) is 14.2. The standard InChI is InChI=1S/C20H21N3O2/c1-15(24)21-11-12-22-20(25)19-13-17-9-5-6-10-18(17)23(19)14-16-7-3-2-4-8-16/h2-10,13H,11-12,14H2,1H3,(H,21,24)(H,22,25). The maximum atomic E-state index is 12.6. The summed E-state index contributed by atoms with van der Waals surface area (Å²) in [6.45, 7) is 2.90. The van der Waals surface area contributed by atoms with Crippen LogP contribution < -0.4 is 10.6 Å². The van der Waals surface area contributed by atoms with Gasteiger partial charge >= 0.3 is 0 Å². The highest BCUT2D eigenvalue weighted by Crippen LogP contribution is 2.21. The Morgan fingerprint density at radius 2 is 1.60 bits per heavy atom. The summed E-state index contributed by atoms with van der Waals surface area (Å²) in [5.41, 5.74) is 2.78. The molecule has 0 aliphatic carbocycles. The van der Waals surface area contributed by atoms with Gasteiger partial charge in [-0.1, -0.05) is 48.5 Å². The number of hydrogen-bond acceptors (Lipinski definition) is 2. The topological polar surface area (TPSA) is 63.1 Å². The maximum absolute atomic E-state index is 12.6. The van der Waals surface area contributed by atoms with Crippen LogP contribution in [0.15, 0.2) is 60.7 Å². The molecule has 2 aromatic carbocycles. The number of fused-ring (bicyclic) bond motifs is 1. The minimum Gasteiger partial charge on any atom is -0.355 e. The molecule has 0 spiro atoms. The number of hydrogen-bond donors (Lipinski definition) is 2. The Labute approximate surface area is 146 Å². The van der Waals surface area contributed by atoms with Gasteiger partial charge in [0, 0.05) is 37.5 Å². The highest BCUT2D eigenvalue weighted by atomic mass is 16.2. The van der Waals surface area contributed by atoms with Gasteiger partial charge in [-0.25, -0.2) is 0 Å². The van der Waals surface area contributed by atoms with Crippen molar-refractivity contribution in [2.75, 3.05) is 13.1 Å². The van der Waals surface area contributed by atoms with Gasteiger partial charge in [0.25, 0.3) is 5.91 Å². The first-order valence-corrected chi connectivity index (χ1v) is 8.30. The number of nitrogens with zero attached hydrogens (tertiary/aromatic N) is 1. The molecule has 0 saturated carbocycles. The molecule has 25 heavy (non-hydrogen) atoms. The molecule has 128 valence electrons. The number of para-hydroxylation sites is 1. The third-order valence-electron chi connectivity index (χ3n) is 4.01. The van der Waals surface area contributed by atoms with Gasteiger partial charge < -0.3 is 15.2 Å². The van der Waals surface area contributed by atoms with E-state index in [1.165, 1.54) is 6.92 Å². The van der Waals surface area contributed by atoms with E-state index in [1.807, 2.05) is 65.2 Å². The van der Waals surface area contributed by atoms with Crippen molar-refractivity contribution in [1.82, 2.24) is 15.2 Å². The summed E-state index contributed by atoms with van der Waals surface area (Å²) in [6, 6.07) is 19.9. The monoisotopic (exact) mass is 335 g/mol. The van der Waals surface area contributed by atoms with Crippen LogP contribution in [0, 0.1) is 0 Å². The maximum Gasteiger partial charge on any atom is 0.268 e. The van der Waals surface area contributed by atoms with Crippen LogP contribution in [0.25, 0.3) is 10.9 Å². The molecule has 5 nitrogen and oxygen atoms in total. The van der Waals surface area contributed by atoms with Gasteiger partial charge in [-0.15, -0.1) is 0 Å². The summed E-state index contributed by atoms with van der Waals surface area (Å²) >= 11 is 0. The lowest BCUT2D eigenvalue weighted by Gasteiger charge is -2.11. The van der Waals surface area contributed by atoms with Gasteiger partial charge in [-0.2, -0.15) is 0 Å². The quantitative estimate of drug-likeness (QED) is 0.680. The molecule has 0 fully saturated rings. The predicted molar refractivity (Wildman–Crippen MR) is 98.5 cm³/mol. The molecule has 0 bridgehead atoms. The number of carbonyl (C=O) groups is 2. The van der Waals surface area contributed by atoms with Gasteiger partial charge in [-0.3, -0.25) is 9.59 Å². The average molecular weight is 335 g/mol. The van der Waals surface area contributed by atoms with Crippen LogP contribution in [0.4, 0.5) is 0 Å².